The molecule has 0 spiro atoms. The number of allylic oxidation sites excluding steroid dienone is 2. The molecule has 2 atom stereocenters. The van der Waals surface area contributed by atoms with E-state index in [4.69, 9.17) is 4.74 Å². The van der Waals surface area contributed by atoms with Gasteiger partial charge in [0.1, 0.15) is 12.4 Å². The van der Waals surface area contributed by atoms with Gasteiger partial charge in [-0.2, -0.15) is 0 Å². The van der Waals surface area contributed by atoms with Crippen molar-refractivity contribution in [3.8, 4) is 0 Å². The number of esters is 1. The van der Waals surface area contributed by atoms with Gasteiger partial charge < -0.3 is 4.74 Å². The summed E-state index contributed by atoms with van der Waals surface area (Å²) in [6.07, 6.45) is 7.81. The van der Waals surface area contributed by atoms with Crippen molar-refractivity contribution in [3.05, 3.63) is 34.4 Å². The first-order chi connectivity index (χ1) is 10.3. The maximum absolute atomic E-state index is 11.8. The van der Waals surface area contributed by atoms with E-state index >= 15 is 0 Å². The number of hydrogen-bond acceptors (Lipinski definition) is 3. The Bertz CT molecular complexity index is 575. The Kier molecular flexibility index (Phi) is 4.74. The average Bonchev–Trinajstić information content (AvgIpc) is 2.76. The number of ether oxygens (including phenoxy) is 1. The fourth-order valence-electron chi connectivity index (χ4n) is 3.79. The lowest BCUT2D eigenvalue weighted by Crippen LogP contribution is -2.32. The summed E-state index contributed by atoms with van der Waals surface area (Å²) in [7, 11) is 0. The maximum Gasteiger partial charge on any atom is 0.334 e. The number of cyclic esters (lactones) is 1. The van der Waals surface area contributed by atoms with Crippen LogP contribution < -0.4 is 0 Å². The molecule has 0 fully saturated rings. The molecule has 0 aromatic heterocycles. The summed E-state index contributed by atoms with van der Waals surface area (Å²) in [5.74, 6) is -0.305. The molecule has 3 nitrogen and oxygen atoms in total. The summed E-state index contributed by atoms with van der Waals surface area (Å²) in [5.41, 5.74) is 4.08. The molecular formula is C19H26O3. The maximum atomic E-state index is 11.8. The summed E-state index contributed by atoms with van der Waals surface area (Å²) in [4.78, 5) is 22.9. The van der Waals surface area contributed by atoms with Gasteiger partial charge in [-0.05, 0) is 57.1 Å². The largest absolute Gasteiger partial charge is 0.454 e. The molecule has 0 amide bonds. The zero-order chi connectivity index (χ0) is 16.5. The molecule has 0 saturated carbocycles. The molecule has 0 unspecified atom stereocenters. The van der Waals surface area contributed by atoms with E-state index in [1.165, 1.54) is 17.6 Å². The zero-order valence-electron chi connectivity index (χ0n) is 14.2. The third-order valence-corrected chi connectivity index (χ3v) is 4.84. The normalized spacial score (nSPS) is 26.6. The second-order valence-electron chi connectivity index (χ2n) is 7.21. The highest BCUT2D eigenvalue weighted by molar-refractivity contribution is 5.90. The van der Waals surface area contributed by atoms with E-state index in [0.717, 1.165) is 19.1 Å². The number of carbonyl (C=O) groups is 2. The lowest BCUT2D eigenvalue weighted by atomic mass is 9.66. The Labute approximate surface area is 133 Å². The molecule has 120 valence electrons. The average molecular weight is 302 g/mol. The predicted molar refractivity (Wildman–Crippen MR) is 87.3 cm³/mol. The molecule has 0 saturated heterocycles. The van der Waals surface area contributed by atoms with Crippen LogP contribution in [0.25, 0.3) is 0 Å². The van der Waals surface area contributed by atoms with Crippen molar-refractivity contribution in [2.24, 2.45) is 11.3 Å². The van der Waals surface area contributed by atoms with Gasteiger partial charge in [-0.15, -0.1) is 0 Å². The van der Waals surface area contributed by atoms with Gasteiger partial charge in [0.15, 0.2) is 0 Å². The van der Waals surface area contributed by atoms with Crippen LogP contribution in [0.4, 0.5) is 0 Å². The van der Waals surface area contributed by atoms with Gasteiger partial charge in [-0.3, -0.25) is 4.79 Å². The minimum Gasteiger partial charge on any atom is -0.454 e. The number of rotatable bonds is 4. The third kappa shape index (κ3) is 3.23. The summed E-state index contributed by atoms with van der Waals surface area (Å²) >= 11 is 0. The Balaban J connectivity index is 2.50. The molecule has 1 aliphatic heterocycles. The van der Waals surface area contributed by atoms with Crippen LogP contribution in [0.3, 0.4) is 0 Å². The minimum absolute atomic E-state index is 0.0538. The van der Waals surface area contributed by atoms with Crippen LogP contribution in [-0.2, 0) is 14.3 Å². The molecule has 1 aliphatic carbocycles. The topological polar surface area (TPSA) is 43.4 Å². The highest BCUT2D eigenvalue weighted by Gasteiger charge is 2.39. The van der Waals surface area contributed by atoms with Crippen molar-refractivity contribution in [1.29, 1.82) is 0 Å². The molecule has 0 bridgehead atoms. The molecule has 0 aromatic rings. The fraction of sp³-hybridized carbons (Fsp3) is 0.579. The van der Waals surface area contributed by atoms with Gasteiger partial charge in [0.25, 0.3) is 0 Å². The smallest absolute Gasteiger partial charge is 0.334 e. The van der Waals surface area contributed by atoms with E-state index in [9.17, 15) is 9.59 Å². The molecule has 0 N–H and O–H groups in total. The molecule has 2 rings (SSSR count). The molecule has 0 radical (unpaired) electrons. The lowest BCUT2D eigenvalue weighted by molar-refractivity contribution is -0.140. The van der Waals surface area contributed by atoms with Crippen LogP contribution >= 0.6 is 0 Å². The van der Waals surface area contributed by atoms with E-state index < -0.39 is 0 Å². The Morgan fingerprint density at radius 1 is 1.41 bits per heavy atom. The van der Waals surface area contributed by atoms with Crippen molar-refractivity contribution in [2.45, 2.75) is 60.0 Å². The van der Waals surface area contributed by atoms with E-state index in [-0.39, 0.29) is 23.4 Å². The number of aldehydes is 1. The van der Waals surface area contributed by atoms with Crippen molar-refractivity contribution in [1.82, 2.24) is 0 Å². The van der Waals surface area contributed by atoms with Crippen LogP contribution in [0.2, 0.25) is 0 Å². The van der Waals surface area contributed by atoms with Crippen LogP contribution in [0.5, 0.6) is 0 Å². The first kappa shape index (κ1) is 16.7. The van der Waals surface area contributed by atoms with Crippen LogP contribution in [0.15, 0.2) is 34.4 Å². The third-order valence-electron chi connectivity index (χ3n) is 4.84. The van der Waals surface area contributed by atoms with Crippen LogP contribution in [0.1, 0.15) is 53.9 Å². The minimum atomic E-state index is -0.301. The van der Waals surface area contributed by atoms with Gasteiger partial charge in [0.05, 0.1) is 0 Å². The first-order valence-electron chi connectivity index (χ1n) is 7.99. The van der Waals surface area contributed by atoms with Crippen molar-refractivity contribution < 1.29 is 14.3 Å². The number of carbonyl (C=O) groups excluding carboxylic acids is 2. The Morgan fingerprint density at radius 3 is 2.59 bits per heavy atom. The van der Waals surface area contributed by atoms with Crippen LogP contribution in [-0.4, -0.2) is 18.4 Å². The van der Waals surface area contributed by atoms with E-state index in [0.29, 0.717) is 11.1 Å². The molecule has 22 heavy (non-hydrogen) atoms. The summed E-state index contributed by atoms with van der Waals surface area (Å²) < 4.78 is 5.55. The molecule has 0 aromatic carbocycles. The highest BCUT2D eigenvalue weighted by atomic mass is 16.5. The zero-order valence-corrected chi connectivity index (χ0v) is 14.2. The van der Waals surface area contributed by atoms with Gasteiger partial charge in [0, 0.05) is 11.5 Å². The Hall–Kier alpha value is -1.64. The first-order valence-corrected chi connectivity index (χ1v) is 7.99. The van der Waals surface area contributed by atoms with Crippen molar-refractivity contribution in [2.75, 3.05) is 0 Å². The van der Waals surface area contributed by atoms with Crippen molar-refractivity contribution in [3.63, 3.8) is 0 Å². The van der Waals surface area contributed by atoms with Crippen molar-refractivity contribution >= 4 is 12.3 Å². The predicted octanol–water partition coefficient (Wildman–Crippen LogP) is 4.15. The fourth-order valence-corrected chi connectivity index (χ4v) is 3.79. The molecular weight excluding hydrogens is 276 g/mol. The van der Waals surface area contributed by atoms with Gasteiger partial charge in [-0.1, -0.05) is 31.1 Å². The lowest BCUT2D eigenvalue weighted by Gasteiger charge is -2.39. The summed E-state index contributed by atoms with van der Waals surface area (Å²) in [6.45, 7) is 10.2. The van der Waals surface area contributed by atoms with E-state index in [1.807, 2.05) is 12.2 Å². The SMILES string of the molecule is CC1=C[C@H]([C@H](/C=C(\C)C=O)C2=C(C)CCCC2(C)C)OC1=O. The van der Waals surface area contributed by atoms with E-state index in [2.05, 4.69) is 20.8 Å². The second kappa shape index (κ2) is 6.23. The van der Waals surface area contributed by atoms with Gasteiger partial charge in [-0.25, -0.2) is 4.79 Å². The Morgan fingerprint density at radius 2 is 2.09 bits per heavy atom. The van der Waals surface area contributed by atoms with Gasteiger partial charge in [0.2, 0.25) is 0 Å². The molecule has 1 heterocycles. The molecule has 3 heteroatoms. The monoisotopic (exact) mass is 302 g/mol. The quantitative estimate of drug-likeness (QED) is 0.339. The standard InChI is InChI=1S/C19H26O3/c1-12(11-20)9-15(16-10-14(3)18(21)22-16)17-13(2)7-6-8-19(17,4)5/h9-11,15-16H,6-8H2,1-5H3/b12-9+/t15-,16+/m0/s1. The highest BCUT2D eigenvalue weighted by Crippen LogP contribution is 2.46. The van der Waals surface area contributed by atoms with E-state index in [1.54, 1.807) is 13.8 Å². The second-order valence-corrected chi connectivity index (χ2v) is 7.21. The van der Waals surface area contributed by atoms with Crippen LogP contribution in [0, 0.1) is 11.3 Å². The van der Waals surface area contributed by atoms with Gasteiger partial charge >= 0.3 is 5.97 Å². The molecule has 2 aliphatic rings. The summed E-state index contributed by atoms with van der Waals surface area (Å²) in [5, 5.41) is 0. The summed E-state index contributed by atoms with van der Waals surface area (Å²) in [6, 6.07) is 0. The number of hydrogen-bond donors (Lipinski definition) is 0.